The number of hydrogen-bond donors (Lipinski definition) is 1. The Morgan fingerprint density at radius 1 is 1.05 bits per heavy atom. The van der Waals surface area contributed by atoms with Crippen molar-refractivity contribution in [2.75, 3.05) is 26.2 Å². The van der Waals surface area contributed by atoms with E-state index in [9.17, 15) is 26.3 Å². The third kappa shape index (κ3) is 2.91. The lowest BCUT2D eigenvalue weighted by atomic mass is 9.76. The van der Waals surface area contributed by atoms with Gasteiger partial charge in [-0.2, -0.15) is 26.3 Å². The Hall–Kier alpha value is -1.00. The average Bonchev–Trinajstić information content (AvgIpc) is 2.28. The van der Waals surface area contributed by atoms with Gasteiger partial charge < -0.3 is 5.32 Å². The van der Waals surface area contributed by atoms with Crippen molar-refractivity contribution in [3.8, 4) is 0 Å². The molecule has 0 aromatic carbocycles. The van der Waals surface area contributed by atoms with Crippen molar-refractivity contribution in [1.82, 2.24) is 14.6 Å². The van der Waals surface area contributed by atoms with Crippen molar-refractivity contribution in [3.05, 3.63) is 23.5 Å². The summed E-state index contributed by atoms with van der Waals surface area (Å²) in [7, 11) is 0. The molecule has 1 N–H and O–H groups in total. The molecule has 22 heavy (non-hydrogen) atoms. The molecule has 1 spiro atoms. The first-order chi connectivity index (χ1) is 10.1. The highest BCUT2D eigenvalue weighted by molar-refractivity contribution is 7.97. The second-order valence-corrected chi connectivity index (χ2v) is 6.67. The van der Waals surface area contributed by atoms with Crippen LogP contribution in [-0.2, 0) is 12.4 Å². The summed E-state index contributed by atoms with van der Waals surface area (Å²) < 4.78 is 78.1. The maximum absolute atomic E-state index is 12.9. The van der Waals surface area contributed by atoms with Crippen LogP contribution in [0, 0.1) is 5.41 Å². The minimum atomic E-state index is -4.93. The maximum atomic E-state index is 12.9. The predicted molar refractivity (Wildman–Crippen MR) is 67.0 cm³/mol. The van der Waals surface area contributed by atoms with Crippen LogP contribution in [0.1, 0.15) is 11.4 Å². The van der Waals surface area contributed by atoms with Gasteiger partial charge >= 0.3 is 12.4 Å². The minimum absolute atomic E-state index is 0.116. The highest BCUT2D eigenvalue weighted by atomic mass is 32.2. The Kier molecular flexibility index (Phi) is 3.61. The molecule has 0 amide bonds. The van der Waals surface area contributed by atoms with Crippen LogP contribution in [0.4, 0.5) is 26.3 Å². The zero-order chi connectivity index (χ0) is 16.2. The molecule has 0 unspecified atom stereocenters. The van der Waals surface area contributed by atoms with Crippen molar-refractivity contribution < 1.29 is 26.3 Å². The summed E-state index contributed by atoms with van der Waals surface area (Å²) in [4.78, 5) is 2.48. The number of hydrogen-bond acceptors (Lipinski definition) is 4. The topological polar surface area (TPSA) is 28.2 Å². The Morgan fingerprint density at radius 3 is 2.14 bits per heavy atom. The molecule has 10 heteroatoms. The molecule has 1 aromatic rings. The van der Waals surface area contributed by atoms with Crippen LogP contribution in [0.2, 0.25) is 0 Å². The first-order valence-corrected chi connectivity index (χ1v) is 7.16. The van der Waals surface area contributed by atoms with Crippen LogP contribution in [0.15, 0.2) is 17.0 Å². The van der Waals surface area contributed by atoms with E-state index in [4.69, 9.17) is 0 Å². The number of halogens is 6. The Balaban J connectivity index is 1.81. The third-order valence-electron chi connectivity index (χ3n) is 3.67. The smallest absolute Gasteiger partial charge is 0.315 e. The van der Waals surface area contributed by atoms with E-state index < -0.39 is 23.7 Å². The van der Waals surface area contributed by atoms with E-state index in [0.29, 0.717) is 19.2 Å². The fourth-order valence-corrected chi connectivity index (χ4v) is 3.82. The van der Waals surface area contributed by atoms with Crippen LogP contribution in [0.25, 0.3) is 0 Å². The van der Waals surface area contributed by atoms with E-state index >= 15 is 0 Å². The van der Waals surface area contributed by atoms with Gasteiger partial charge in [0, 0.05) is 31.6 Å². The van der Waals surface area contributed by atoms with Crippen molar-refractivity contribution in [3.63, 3.8) is 0 Å². The molecule has 0 radical (unpaired) electrons. The molecule has 0 aliphatic carbocycles. The third-order valence-corrected chi connectivity index (χ3v) is 4.71. The maximum Gasteiger partial charge on any atom is 0.434 e. The number of aromatic nitrogens is 1. The van der Waals surface area contributed by atoms with Gasteiger partial charge in [0.05, 0.1) is 4.90 Å². The van der Waals surface area contributed by atoms with Gasteiger partial charge in [-0.3, -0.25) is 0 Å². The number of pyridine rings is 1. The van der Waals surface area contributed by atoms with Crippen LogP contribution in [0.5, 0.6) is 0 Å². The lowest BCUT2D eigenvalue weighted by molar-refractivity contribution is -0.151. The van der Waals surface area contributed by atoms with E-state index in [2.05, 4.69) is 10.3 Å². The second kappa shape index (κ2) is 5.00. The van der Waals surface area contributed by atoms with Crippen molar-refractivity contribution in [2.45, 2.75) is 17.2 Å². The molecule has 3 rings (SSSR count). The Morgan fingerprint density at radius 2 is 1.68 bits per heavy atom. The van der Waals surface area contributed by atoms with Gasteiger partial charge in [0.2, 0.25) is 0 Å². The van der Waals surface area contributed by atoms with Crippen LogP contribution < -0.4 is 5.32 Å². The van der Waals surface area contributed by atoms with E-state index in [1.165, 1.54) is 0 Å². The summed E-state index contributed by atoms with van der Waals surface area (Å²) in [5.74, 6) is 0. The van der Waals surface area contributed by atoms with E-state index in [1.54, 1.807) is 4.31 Å². The van der Waals surface area contributed by atoms with Crippen molar-refractivity contribution in [2.24, 2.45) is 5.41 Å². The highest BCUT2D eigenvalue weighted by Crippen LogP contribution is 2.44. The standard InChI is InChI=1S/C12H11F6N3S/c13-11(14,15)8-2-1-7(9(20-8)12(16,17)18)22-21-5-10(6-21)3-19-4-10/h1-2,19H,3-6H2. The van der Waals surface area contributed by atoms with Crippen LogP contribution >= 0.6 is 11.9 Å². The number of rotatable bonds is 2. The fraction of sp³-hybridized carbons (Fsp3) is 0.583. The van der Waals surface area contributed by atoms with Crippen LogP contribution in [0.3, 0.4) is 0 Å². The molecule has 3 nitrogen and oxygen atoms in total. The summed E-state index contributed by atoms with van der Waals surface area (Å²) in [5.41, 5.74) is -2.91. The van der Waals surface area contributed by atoms with Crippen LogP contribution in [-0.4, -0.2) is 35.5 Å². The lowest BCUT2D eigenvalue weighted by Gasteiger charge is -2.55. The molecule has 2 saturated heterocycles. The molecular formula is C12H11F6N3S. The second-order valence-electron chi connectivity index (χ2n) is 5.53. The molecule has 3 heterocycles. The lowest BCUT2D eigenvalue weighted by Crippen LogP contribution is -2.69. The van der Waals surface area contributed by atoms with Gasteiger partial charge in [-0.15, -0.1) is 0 Å². The van der Waals surface area contributed by atoms with Gasteiger partial charge in [0.15, 0.2) is 5.69 Å². The average molecular weight is 343 g/mol. The molecule has 0 bridgehead atoms. The zero-order valence-electron chi connectivity index (χ0n) is 11.1. The van der Waals surface area contributed by atoms with Gasteiger partial charge in [0.1, 0.15) is 5.69 Å². The normalized spacial score (nSPS) is 21.5. The predicted octanol–water partition coefficient (Wildman–Crippen LogP) is 3.03. The fourth-order valence-electron chi connectivity index (χ4n) is 2.49. The molecule has 1 aromatic heterocycles. The summed E-state index contributed by atoms with van der Waals surface area (Å²) in [6.07, 6.45) is -9.83. The SMILES string of the molecule is FC(F)(F)c1ccc(SN2CC3(CNC3)C2)c(C(F)(F)F)n1. The van der Waals surface area contributed by atoms with E-state index in [1.807, 2.05) is 0 Å². The van der Waals surface area contributed by atoms with E-state index in [-0.39, 0.29) is 10.3 Å². The minimum Gasteiger partial charge on any atom is -0.315 e. The molecular weight excluding hydrogens is 332 g/mol. The van der Waals surface area contributed by atoms with Gasteiger partial charge in [0.25, 0.3) is 0 Å². The highest BCUT2D eigenvalue weighted by Gasteiger charge is 2.49. The molecule has 0 atom stereocenters. The quantitative estimate of drug-likeness (QED) is 0.660. The molecule has 0 saturated carbocycles. The summed E-state index contributed by atoms with van der Waals surface area (Å²) in [5, 5.41) is 3.09. The first kappa shape index (κ1) is 15.9. The monoisotopic (exact) mass is 343 g/mol. The van der Waals surface area contributed by atoms with Gasteiger partial charge in [-0.25, -0.2) is 9.29 Å². The molecule has 2 fully saturated rings. The largest absolute Gasteiger partial charge is 0.434 e. The summed E-state index contributed by atoms with van der Waals surface area (Å²) >= 11 is 0.810. The zero-order valence-corrected chi connectivity index (χ0v) is 11.9. The van der Waals surface area contributed by atoms with Crippen molar-refractivity contribution in [1.29, 1.82) is 0 Å². The summed E-state index contributed by atoms with van der Waals surface area (Å²) in [6, 6.07) is 1.42. The molecule has 2 aliphatic heterocycles. The van der Waals surface area contributed by atoms with Crippen molar-refractivity contribution >= 4 is 11.9 Å². The summed E-state index contributed by atoms with van der Waals surface area (Å²) in [6.45, 7) is 2.87. The van der Waals surface area contributed by atoms with E-state index in [0.717, 1.165) is 31.1 Å². The Bertz CT molecular complexity index is 573. The van der Waals surface area contributed by atoms with Gasteiger partial charge in [-0.1, -0.05) is 0 Å². The Labute approximate surface area is 126 Å². The number of nitrogens with one attached hydrogen (secondary N) is 1. The molecule has 122 valence electrons. The van der Waals surface area contributed by atoms with Gasteiger partial charge in [-0.05, 0) is 24.1 Å². The number of alkyl halides is 6. The first-order valence-electron chi connectivity index (χ1n) is 6.38. The molecule has 2 aliphatic rings. The number of nitrogens with zero attached hydrogens (tertiary/aromatic N) is 2.